The van der Waals surface area contributed by atoms with Crippen molar-refractivity contribution in [2.24, 2.45) is 11.7 Å². The molecule has 0 spiro atoms. The molecule has 1 aromatic carbocycles. The Hall–Kier alpha value is -2.61. The molecule has 2 rings (SSSR count). The van der Waals surface area contributed by atoms with Gasteiger partial charge in [-0.1, -0.05) is 11.6 Å². The molecule has 1 aromatic rings. The fraction of sp³-hybridized carbons (Fsp3) is 0.412. The Kier molecular flexibility index (Phi) is 6.97. The standard InChI is InChI=1S/C17H20ClN3O5/c18-13-5-3-11(4-6-13)17(25)20-8-15(23)26-10-14(22)21-7-1-2-12(9-21)16(19)24/h3-6,12H,1-2,7-10H2,(H2,19,24)(H,20,25)/t12-/m1/s1. The van der Waals surface area contributed by atoms with Gasteiger partial charge in [-0.25, -0.2) is 0 Å². The highest BCUT2D eigenvalue weighted by atomic mass is 35.5. The Bertz CT molecular complexity index is 692. The number of nitrogens with two attached hydrogens (primary N) is 1. The molecule has 3 N–H and O–H groups in total. The van der Waals surface area contributed by atoms with Crippen LogP contribution in [0, 0.1) is 5.92 Å². The first-order chi connectivity index (χ1) is 12.4. The van der Waals surface area contributed by atoms with E-state index in [0.29, 0.717) is 30.0 Å². The van der Waals surface area contributed by atoms with E-state index < -0.39 is 30.3 Å². The maximum absolute atomic E-state index is 12.1. The van der Waals surface area contributed by atoms with E-state index in [2.05, 4.69) is 5.32 Å². The van der Waals surface area contributed by atoms with Crippen molar-refractivity contribution in [1.29, 1.82) is 0 Å². The molecule has 0 aromatic heterocycles. The van der Waals surface area contributed by atoms with E-state index >= 15 is 0 Å². The average Bonchev–Trinajstić information content (AvgIpc) is 2.64. The van der Waals surface area contributed by atoms with Crippen LogP contribution in [0.25, 0.3) is 0 Å². The zero-order valence-corrected chi connectivity index (χ0v) is 14.8. The summed E-state index contributed by atoms with van der Waals surface area (Å²) >= 11 is 5.74. The summed E-state index contributed by atoms with van der Waals surface area (Å²) < 4.78 is 4.88. The van der Waals surface area contributed by atoms with Crippen LogP contribution in [0.4, 0.5) is 0 Å². The molecule has 140 valence electrons. The Morgan fingerprint density at radius 2 is 1.92 bits per heavy atom. The van der Waals surface area contributed by atoms with E-state index in [9.17, 15) is 19.2 Å². The van der Waals surface area contributed by atoms with Crippen LogP contribution in [0.3, 0.4) is 0 Å². The molecule has 9 heteroatoms. The Morgan fingerprint density at radius 1 is 1.23 bits per heavy atom. The number of esters is 1. The summed E-state index contributed by atoms with van der Waals surface area (Å²) in [5.74, 6) is -2.39. The van der Waals surface area contributed by atoms with E-state index in [1.165, 1.54) is 17.0 Å². The van der Waals surface area contributed by atoms with E-state index in [1.807, 2.05) is 0 Å². The third-order valence-electron chi connectivity index (χ3n) is 4.03. The van der Waals surface area contributed by atoms with Gasteiger partial charge in [0.25, 0.3) is 11.8 Å². The normalized spacial score (nSPS) is 16.7. The fourth-order valence-corrected chi connectivity index (χ4v) is 2.70. The second kappa shape index (κ2) is 9.19. The molecule has 1 aliphatic heterocycles. The summed E-state index contributed by atoms with van der Waals surface area (Å²) in [5.41, 5.74) is 5.62. The zero-order valence-electron chi connectivity index (χ0n) is 14.1. The van der Waals surface area contributed by atoms with Crippen LogP contribution in [0.1, 0.15) is 23.2 Å². The summed E-state index contributed by atoms with van der Waals surface area (Å²) in [7, 11) is 0. The van der Waals surface area contributed by atoms with Crippen molar-refractivity contribution in [2.75, 3.05) is 26.2 Å². The lowest BCUT2D eigenvalue weighted by atomic mass is 9.97. The van der Waals surface area contributed by atoms with Crippen molar-refractivity contribution >= 4 is 35.3 Å². The minimum atomic E-state index is -0.732. The molecule has 0 bridgehead atoms. The lowest BCUT2D eigenvalue weighted by Crippen LogP contribution is -2.45. The second-order valence-corrected chi connectivity index (χ2v) is 6.37. The summed E-state index contributed by atoms with van der Waals surface area (Å²) in [6, 6.07) is 6.17. The number of amides is 3. The number of benzene rings is 1. The van der Waals surface area contributed by atoms with E-state index in [-0.39, 0.29) is 19.0 Å². The highest BCUT2D eigenvalue weighted by Gasteiger charge is 2.27. The van der Waals surface area contributed by atoms with Gasteiger partial charge in [-0.15, -0.1) is 0 Å². The van der Waals surface area contributed by atoms with Crippen molar-refractivity contribution in [3.63, 3.8) is 0 Å². The number of likely N-dealkylation sites (tertiary alicyclic amines) is 1. The number of piperidine rings is 1. The number of ether oxygens (including phenoxy) is 1. The number of carbonyl (C=O) groups is 4. The maximum atomic E-state index is 12.1. The van der Waals surface area contributed by atoms with Gasteiger partial charge in [0.2, 0.25) is 5.91 Å². The molecule has 1 saturated heterocycles. The van der Waals surface area contributed by atoms with Crippen LogP contribution in [0.2, 0.25) is 5.02 Å². The fourth-order valence-electron chi connectivity index (χ4n) is 2.58. The van der Waals surface area contributed by atoms with Gasteiger partial charge in [0.15, 0.2) is 6.61 Å². The van der Waals surface area contributed by atoms with Crippen LogP contribution in [-0.2, 0) is 19.1 Å². The SMILES string of the molecule is NC(=O)[C@@H]1CCCN(C(=O)COC(=O)CNC(=O)c2ccc(Cl)cc2)C1. The number of rotatable bonds is 6. The molecule has 0 unspecified atom stereocenters. The molecule has 1 atom stereocenters. The summed E-state index contributed by atoms with van der Waals surface area (Å²) in [6.07, 6.45) is 1.32. The molecule has 0 radical (unpaired) electrons. The minimum Gasteiger partial charge on any atom is -0.454 e. The quantitative estimate of drug-likeness (QED) is 0.688. The van der Waals surface area contributed by atoms with Crippen LogP contribution in [0.5, 0.6) is 0 Å². The highest BCUT2D eigenvalue weighted by molar-refractivity contribution is 6.30. The molecule has 1 fully saturated rings. The van der Waals surface area contributed by atoms with E-state index in [4.69, 9.17) is 22.1 Å². The van der Waals surface area contributed by atoms with Gasteiger partial charge in [0.1, 0.15) is 6.54 Å². The predicted molar refractivity (Wildman–Crippen MR) is 93.2 cm³/mol. The minimum absolute atomic E-state index is 0.235. The lowest BCUT2D eigenvalue weighted by molar-refractivity contribution is -0.152. The first kappa shape index (κ1) is 19.7. The topological polar surface area (TPSA) is 119 Å². The number of hydrogen-bond donors (Lipinski definition) is 2. The Morgan fingerprint density at radius 3 is 2.58 bits per heavy atom. The molecular weight excluding hydrogens is 362 g/mol. The van der Waals surface area contributed by atoms with E-state index in [1.54, 1.807) is 12.1 Å². The number of hydrogen-bond acceptors (Lipinski definition) is 5. The number of halogens is 1. The summed E-state index contributed by atoms with van der Waals surface area (Å²) in [6.45, 7) is -0.0771. The molecule has 0 aliphatic carbocycles. The predicted octanol–water partition coefficient (Wildman–Crippen LogP) is 0.337. The van der Waals surface area contributed by atoms with Crippen molar-refractivity contribution in [3.05, 3.63) is 34.9 Å². The van der Waals surface area contributed by atoms with Gasteiger partial charge in [0, 0.05) is 23.7 Å². The first-order valence-corrected chi connectivity index (χ1v) is 8.51. The van der Waals surface area contributed by atoms with Gasteiger partial charge >= 0.3 is 5.97 Å². The van der Waals surface area contributed by atoms with Gasteiger partial charge in [-0.2, -0.15) is 0 Å². The molecule has 26 heavy (non-hydrogen) atoms. The summed E-state index contributed by atoms with van der Waals surface area (Å²) in [5, 5.41) is 2.90. The molecule has 1 heterocycles. The Labute approximate surface area is 155 Å². The van der Waals surface area contributed by atoms with Crippen LogP contribution in [0.15, 0.2) is 24.3 Å². The lowest BCUT2D eigenvalue weighted by Gasteiger charge is -2.31. The first-order valence-electron chi connectivity index (χ1n) is 8.13. The molecule has 3 amide bonds. The number of nitrogens with zero attached hydrogens (tertiary/aromatic N) is 1. The van der Waals surface area contributed by atoms with Gasteiger partial charge in [-0.05, 0) is 37.1 Å². The number of primary amides is 1. The Balaban J connectivity index is 1.72. The van der Waals surface area contributed by atoms with Crippen LogP contribution in [-0.4, -0.2) is 54.8 Å². The van der Waals surface area contributed by atoms with Crippen LogP contribution >= 0.6 is 11.6 Å². The van der Waals surface area contributed by atoms with Crippen molar-refractivity contribution < 1.29 is 23.9 Å². The third kappa shape index (κ3) is 5.73. The monoisotopic (exact) mass is 381 g/mol. The number of carbonyl (C=O) groups excluding carboxylic acids is 4. The smallest absolute Gasteiger partial charge is 0.325 e. The highest BCUT2D eigenvalue weighted by Crippen LogP contribution is 2.16. The molecule has 8 nitrogen and oxygen atoms in total. The van der Waals surface area contributed by atoms with E-state index in [0.717, 1.165) is 0 Å². The van der Waals surface area contributed by atoms with Gasteiger partial charge in [-0.3, -0.25) is 19.2 Å². The van der Waals surface area contributed by atoms with Gasteiger partial charge < -0.3 is 20.7 Å². The molecule has 1 aliphatic rings. The molecule has 0 saturated carbocycles. The summed E-state index contributed by atoms with van der Waals surface area (Å²) in [4.78, 5) is 48.3. The van der Waals surface area contributed by atoms with Crippen molar-refractivity contribution in [3.8, 4) is 0 Å². The second-order valence-electron chi connectivity index (χ2n) is 5.93. The van der Waals surface area contributed by atoms with Crippen molar-refractivity contribution in [1.82, 2.24) is 10.2 Å². The van der Waals surface area contributed by atoms with Crippen molar-refractivity contribution in [2.45, 2.75) is 12.8 Å². The largest absolute Gasteiger partial charge is 0.454 e. The van der Waals surface area contributed by atoms with Crippen LogP contribution < -0.4 is 11.1 Å². The number of nitrogens with one attached hydrogen (secondary N) is 1. The average molecular weight is 382 g/mol. The zero-order chi connectivity index (χ0) is 19.1. The third-order valence-corrected chi connectivity index (χ3v) is 4.28. The maximum Gasteiger partial charge on any atom is 0.325 e. The van der Waals surface area contributed by atoms with Gasteiger partial charge in [0.05, 0.1) is 5.92 Å². The molecular formula is C17H20ClN3O5.